The molecule has 0 bridgehead atoms. The molecule has 0 radical (unpaired) electrons. The zero-order valence-corrected chi connectivity index (χ0v) is 9.89. The van der Waals surface area contributed by atoms with Gasteiger partial charge in [0.15, 0.2) is 0 Å². The molecule has 1 heterocycles. The van der Waals surface area contributed by atoms with Crippen LogP contribution in [0.3, 0.4) is 0 Å². The molecule has 1 N–H and O–H groups in total. The van der Waals surface area contributed by atoms with Crippen LogP contribution in [0.15, 0.2) is 48.8 Å². The second-order valence-electron chi connectivity index (χ2n) is 3.68. The number of likely N-dealkylation sites (N-methyl/N-ethyl adjacent to an activating group) is 1. The summed E-state index contributed by atoms with van der Waals surface area (Å²) in [5.74, 6) is 0.911. The lowest BCUT2D eigenvalue weighted by Crippen LogP contribution is -2.16. The van der Waals surface area contributed by atoms with Crippen molar-refractivity contribution < 1.29 is 4.74 Å². The summed E-state index contributed by atoms with van der Waals surface area (Å²) in [4.78, 5) is 4.03. The molecule has 88 valence electrons. The Balaban J connectivity index is 2.22. The molecule has 2 rings (SSSR count). The quantitative estimate of drug-likeness (QED) is 0.798. The molecule has 0 amide bonds. The maximum Gasteiger partial charge on any atom is 0.127 e. The highest BCUT2D eigenvalue weighted by Gasteiger charge is 2.04. The van der Waals surface area contributed by atoms with Gasteiger partial charge in [-0.15, -0.1) is 0 Å². The molecule has 0 aliphatic carbocycles. The highest BCUT2D eigenvalue weighted by molar-refractivity contribution is 5.69. The van der Waals surface area contributed by atoms with Crippen LogP contribution in [0.25, 0.3) is 11.1 Å². The van der Waals surface area contributed by atoms with Gasteiger partial charge in [-0.25, -0.2) is 0 Å². The molecular formula is C14H16N2O. The van der Waals surface area contributed by atoms with Crippen molar-refractivity contribution in [3.63, 3.8) is 0 Å². The first kappa shape index (κ1) is 11.6. The highest BCUT2D eigenvalue weighted by Crippen LogP contribution is 2.28. The van der Waals surface area contributed by atoms with Crippen molar-refractivity contribution in [3.8, 4) is 16.9 Å². The van der Waals surface area contributed by atoms with Gasteiger partial charge in [0.25, 0.3) is 0 Å². The summed E-state index contributed by atoms with van der Waals surface area (Å²) in [6.07, 6.45) is 3.58. The van der Waals surface area contributed by atoms with Crippen molar-refractivity contribution in [1.82, 2.24) is 10.3 Å². The lowest BCUT2D eigenvalue weighted by molar-refractivity contribution is 0.319. The Bertz CT molecular complexity index is 457. The van der Waals surface area contributed by atoms with Gasteiger partial charge in [0.2, 0.25) is 0 Å². The Kier molecular flexibility index (Phi) is 4.11. The number of para-hydroxylation sites is 1. The molecule has 3 nitrogen and oxygen atoms in total. The predicted molar refractivity (Wildman–Crippen MR) is 69.1 cm³/mol. The maximum atomic E-state index is 5.75. The molecular weight excluding hydrogens is 212 g/mol. The monoisotopic (exact) mass is 228 g/mol. The minimum atomic E-state index is 0.665. The normalized spacial score (nSPS) is 10.2. The van der Waals surface area contributed by atoms with Crippen LogP contribution >= 0.6 is 0 Å². The number of rotatable bonds is 5. The third-order valence-corrected chi connectivity index (χ3v) is 2.49. The van der Waals surface area contributed by atoms with E-state index in [2.05, 4.69) is 16.4 Å². The molecule has 1 aromatic heterocycles. The van der Waals surface area contributed by atoms with Crippen LogP contribution in [0.2, 0.25) is 0 Å². The van der Waals surface area contributed by atoms with Crippen LogP contribution in [-0.4, -0.2) is 25.2 Å². The molecule has 0 spiro atoms. The number of aromatic nitrogens is 1. The zero-order chi connectivity index (χ0) is 11.9. The molecule has 0 saturated heterocycles. The van der Waals surface area contributed by atoms with Gasteiger partial charge < -0.3 is 10.1 Å². The van der Waals surface area contributed by atoms with E-state index >= 15 is 0 Å². The van der Waals surface area contributed by atoms with E-state index in [-0.39, 0.29) is 0 Å². The lowest BCUT2D eigenvalue weighted by Gasteiger charge is -2.11. The molecule has 1 aromatic carbocycles. The topological polar surface area (TPSA) is 34.1 Å². The standard InChI is InChI=1S/C14H16N2O/c1-15-10-11-17-14-5-3-2-4-13(14)12-6-8-16-9-7-12/h2-9,15H,10-11H2,1H3. The SMILES string of the molecule is CNCCOc1ccccc1-c1ccncc1. The van der Waals surface area contributed by atoms with E-state index in [1.54, 1.807) is 12.4 Å². The average Bonchev–Trinajstić information content (AvgIpc) is 2.41. The van der Waals surface area contributed by atoms with E-state index in [9.17, 15) is 0 Å². The number of nitrogens with one attached hydrogen (secondary N) is 1. The van der Waals surface area contributed by atoms with E-state index in [1.807, 2.05) is 37.4 Å². The molecule has 0 atom stereocenters. The van der Waals surface area contributed by atoms with Crippen LogP contribution in [0.1, 0.15) is 0 Å². The van der Waals surface area contributed by atoms with Gasteiger partial charge in [-0.1, -0.05) is 18.2 Å². The smallest absolute Gasteiger partial charge is 0.127 e. The van der Waals surface area contributed by atoms with E-state index in [0.29, 0.717) is 6.61 Å². The van der Waals surface area contributed by atoms with Crippen molar-refractivity contribution in [2.45, 2.75) is 0 Å². The summed E-state index contributed by atoms with van der Waals surface area (Å²) < 4.78 is 5.75. The minimum absolute atomic E-state index is 0.665. The van der Waals surface area contributed by atoms with Gasteiger partial charge >= 0.3 is 0 Å². The van der Waals surface area contributed by atoms with Gasteiger partial charge in [0, 0.05) is 24.5 Å². The van der Waals surface area contributed by atoms with E-state index < -0.39 is 0 Å². The molecule has 0 aliphatic heterocycles. The summed E-state index contributed by atoms with van der Waals surface area (Å²) >= 11 is 0. The van der Waals surface area contributed by atoms with Crippen molar-refractivity contribution >= 4 is 0 Å². The van der Waals surface area contributed by atoms with Crippen LogP contribution in [0.4, 0.5) is 0 Å². The summed E-state index contributed by atoms with van der Waals surface area (Å²) in [5.41, 5.74) is 2.23. The molecule has 17 heavy (non-hydrogen) atoms. The number of ether oxygens (including phenoxy) is 1. The fraction of sp³-hybridized carbons (Fsp3) is 0.214. The molecule has 0 saturated carbocycles. The van der Waals surface area contributed by atoms with E-state index in [1.165, 1.54) is 0 Å². The van der Waals surface area contributed by atoms with E-state index in [0.717, 1.165) is 23.4 Å². The first-order valence-electron chi connectivity index (χ1n) is 5.68. The third-order valence-electron chi connectivity index (χ3n) is 2.49. The summed E-state index contributed by atoms with van der Waals surface area (Å²) in [6.45, 7) is 1.50. The first-order chi connectivity index (χ1) is 8.42. The largest absolute Gasteiger partial charge is 0.492 e. The van der Waals surface area contributed by atoms with Crippen molar-refractivity contribution in [3.05, 3.63) is 48.8 Å². The highest BCUT2D eigenvalue weighted by atomic mass is 16.5. The fourth-order valence-corrected chi connectivity index (χ4v) is 1.63. The van der Waals surface area contributed by atoms with Gasteiger partial charge in [0.05, 0.1) is 0 Å². The predicted octanol–water partition coefficient (Wildman–Crippen LogP) is 2.35. The Labute approximate surface area is 101 Å². The zero-order valence-electron chi connectivity index (χ0n) is 9.89. The van der Waals surface area contributed by atoms with Crippen molar-refractivity contribution in [2.75, 3.05) is 20.2 Å². The van der Waals surface area contributed by atoms with Gasteiger partial charge in [-0.05, 0) is 30.8 Å². The Morgan fingerprint density at radius 3 is 2.65 bits per heavy atom. The second-order valence-corrected chi connectivity index (χ2v) is 3.68. The van der Waals surface area contributed by atoms with Crippen LogP contribution < -0.4 is 10.1 Å². The summed E-state index contributed by atoms with van der Waals surface area (Å²) in [6, 6.07) is 12.0. The number of nitrogens with zero attached hydrogens (tertiary/aromatic N) is 1. The Morgan fingerprint density at radius 1 is 1.12 bits per heavy atom. The van der Waals surface area contributed by atoms with Crippen LogP contribution in [0, 0.1) is 0 Å². The number of hydrogen-bond acceptors (Lipinski definition) is 3. The fourth-order valence-electron chi connectivity index (χ4n) is 1.63. The second kappa shape index (κ2) is 6.01. The molecule has 3 heteroatoms. The van der Waals surface area contributed by atoms with Crippen molar-refractivity contribution in [1.29, 1.82) is 0 Å². The van der Waals surface area contributed by atoms with E-state index in [4.69, 9.17) is 4.74 Å². The summed E-state index contributed by atoms with van der Waals surface area (Å²) in [7, 11) is 1.91. The van der Waals surface area contributed by atoms with Crippen molar-refractivity contribution in [2.24, 2.45) is 0 Å². The molecule has 0 fully saturated rings. The van der Waals surface area contributed by atoms with Crippen LogP contribution in [-0.2, 0) is 0 Å². The van der Waals surface area contributed by atoms with Gasteiger partial charge in [-0.2, -0.15) is 0 Å². The molecule has 0 unspecified atom stereocenters. The first-order valence-corrected chi connectivity index (χ1v) is 5.68. The summed E-state index contributed by atoms with van der Waals surface area (Å²) in [5, 5.41) is 3.06. The number of benzene rings is 1. The van der Waals surface area contributed by atoms with Crippen LogP contribution in [0.5, 0.6) is 5.75 Å². The molecule has 0 aliphatic rings. The Morgan fingerprint density at radius 2 is 1.88 bits per heavy atom. The molecule has 2 aromatic rings. The average molecular weight is 228 g/mol. The minimum Gasteiger partial charge on any atom is -0.492 e. The number of pyridine rings is 1. The number of hydrogen-bond donors (Lipinski definition) is 1. The maximum absolute atomic E-state index is 5.75. The van der Waals surface area contributed by atoms with Gasteiger partial charge in [-0.3, -0.25) is 4.98 Å². The van der Waals surface area contributed by atoms with Gasteiger partial charge in [0.1, 0.15) is 12.4 Å². The Hall–Kier alpha value is -1.87. The third kappa shape index (κ3) is 3.04. The lowest BCUT2D eigenvalue weighted by atomic mass is 10.1.